The summed E-state index contributed by atoms with van der Waals surface area (Å²) in [6, 6.07) is 12.3. The number of nitrogens with zero attached hydrogens (tertiary/aromatic N) is 2. The van der Waals surface area contributed by atoms with Gasteiger partial charge < -0.3 is 15.5 Å². The number of fused-ring (bicyclic) bond motifs is 1. The third-order valence-corrected chi connectivity index (χ3v) is 7.20. The predicted octanol–water partition coefficient (Wildman–Crippen LogP) is -3.67. The molecule has 12 nitrogen and oxygen atoms in total. The van der Waals surface area contributed by atoms with Gasteiger partial charge in [-0.25, -0.2) is 16.8 Å². The van der Waals surface area contributed by atoms with Crippen molar-refractivity contribution in [2.75, 3.05) is 18.1 Å². The number of nitrogen functional groups attached to an aromatic ring is 1. The van der Waals surface area contributed by atoms with Gasteiger partial charge in [-0.1, -0.05) is 6.07 Å². The van der Waals surface area contributed by atoms with E-state index in [4.69, 9.17) is 9.92 Å². The normalized spacial score (nSPS) is 11.8. The summed E-state index contributed by atoms with van der Waals surface area (Å²) in [5, 5.41) is 21.6. The first-order valence-electron chi connectivity index (χ1n) is 8.89. The van der Waals surface area contributed by atoms with Crippen LogP contribution in [0.1, 0.15) is 0 Å². The van der Waals surface area contributed by atoms with Gasteiger partial charge >= 0.3 is 59.1 Å². The van der Waals surface area contributed by atoms with Gasteiger partial charge in [0.2, 0.25) is 0 Å². The molecule has 0 aliphatic carbocycles. The molecule has 0 atom stereocenters. The minimum Gasteiger partial charge on any atom is -0.744 e. The standard InChI is InChI=1S/C18H17N3O9S3.2Na/c19-17-7-8-18(16-11-14(33(25,26)27)5-6-15(16)17)21-20-12-1-3-13(4-2-12)32(23,24)10-9-28-31-30-29-22;;/h1-8,11,22H,9-10,19H2,(H,25,26,27);;/q;2*+1/p-2. The third kappa shape index (κ3) is 9.01. The van der Waals surface area contributed by atoms with E-state index in [-0.39, 0.29) is 94.4 Å². The van der Waals surface area contributed by atoms with Crippen LogP contribution in [0.2, 0.25) is 0 Å². The van der Waals surface area contributed by atoms with E-state index < -0.39 is 24.9 Å². The Hall–Kier alpha value is -0.630. The molecular weight excluding hydrogens is 544 g/mol. The molecule has 0 radical (unpaired) electrons. The van der Waals surface area contributed by atoms with E-state index in [1.807, 2.05) is 0 Å². The largest absolute Gasteiger partial charge is 1.00 e. The van der Waals surface area contributed by atoms with Gasteiger partial charge in [0.1, 0.15) is 10.1 Å². The van der Waals surface area contributed by atoms with Crippen LogP contribution in [0.3, 0.4) is 0 Å². The monoisotopic (exact) mass is 559 g/mol. The van der Waals surface area contributed by atoms with Crippen molar-refractivity contribution in [2.24, 2.45) is 10.2 Å². The maximum atomic E-state index is 12.3. The van der Waals surface area contributed by atoms with Crippen molar-refractivity contribution < 1.29 is 99.3 Å². The summed E-state index contributed by atoms with van der Waals surface area (Å²) in [6.45, 7) is -0.247. The molecule has 0 amide bonds. The Kier molecular flexibility index (Phi) is 13.3. The predicted molar refractivity (Wildman–Crippen MR) is 115 cm³/mol. The van der Waals surface area contributed by atoms with Crippen molar-refractivity contribution in [2.45, 2.75) is 9.79 Å². The van der Waals surface area contributed by atoms with E-state index in [1.165, 1.54) is 42.5 Å². The molecule has 0 saturated heterocycles. The van der Waals surface area contributed by atoms with Crippen molar-refractivity contribution in [3.63, 3.8) is 0 Å². The minimum absolute atomic E-state index is 0. The van der Waals surface area contributed by atoms with E-state index in [2.05, 4.69) is 19.6 Å². The van der Waals surface area contributed by atoms with Crippen LogP contribution >= 0.6 is 12.3 Å². The second-order valence-corrected chi connectivity index (χ2v) is 10.4. The zero-order valence-corrected chi connectivity index (χ0v) is 24.9. The Bertz CT molecular complexity index is 1390. The molecule has 0 aliphatic rings. The molecule has 3 rings (SSSR count). The summed E-state index contributed by atoms with van der Waals surface area (Å²) in [5.74, 6) is -0.370. The van der Waals surface area contributed by atoms with E-state index in [1.54, 1.807) is 6.07 Å². The number of sulfone groups is 1. The van der Waals surface area contributed by atoms with E-state index in [0.717, 1.165) is 6.07 Å². The van der Waals surface area contributed by atoms with Gasteiger partial charge in [-0.2, -0.15) is 5.11 Å². The molecule has 2 N–H and O–H groups in total. The molecule has 0 saturated carbocycles. The molecular formula is C18H15N3Na2O9S3. The topological polar surface area (TPSA) is 193 Å². The Balaban J connectivity index is 0.00000306. The van der Waals surface area contributed by atoms with E-state index >= 15 is 0 Å². The molecule has 176 valence electrons. The number of nitrogens with two attached hydrogens (primary N) is 1. The first-order valence-corrected chi connectivity index (χ1v) is 12.6. The van der Waals surface area contributed by atoms with Crippen LogP contribution in [-0.2, 0) is 33.5 Å². The Morgan fingerprint density at radius 3 is 2.17 bits per heavy atom. The summed E-state index contributed by atoms with van der Waals surface area (Å²) in [7, 11) is -8.35. The van der Waals surface area contributed by atoms with Crippen LogP contribution in [0.15, 0.2) is 74.6 Å². The molecule has 0 bridgehead atoms. The zero-order valence-electron chi connectivity index (χ0n) is 18.5. The number of benzene rings is 3. The molecule has 3 aromatic rings. The van der Waals surface area contributed by atoms with E-state index in [0.29, 0.717) is 22.1 Å². The molecule has 0 aromatic heterocycles. The van der Waals surface area contributed by atoms with Crippen molar-refractivity contribution in [1.29, 1.82) is 0 Å². The van der Waals surface area contributed by atoms with Gasteiger partial charge in [-0.3, -0.25) is 9.22 Å². The molecule has 35 heavy (non-hydrogen) atoms. The molecule has 0 unspecified atom stereocenters. The summed E-state index contributed by atoms with van der Waals surface area (Å²) >= 11 is 0.215. The Morgan fingerprint density at radius 1 is 0.886 bits per heavy atom. The van der Waals surface area contributed by atoms with E-state index in [9.17, 15) is 26.6 Å². The first kappa shape index (κ1) is 32.4. The molecule has 17 heteroatoms. The molecule has 0 aliphatic heterocycles. The fourth-order valence-corrected chi connectivity index (χ4v) is 4.64. The smallest absolute Gasteiger partial charge is 0.744 e. The zero-order chi connectivity index (χ0) is 24.1. The number of rotatable bonds is 10. The van der Waals surface area contributed by atoms with Gasteiger partial charge in [0, 0.05) is 16.5 Å². The molecule has 0 fully saturated rings. The van der Waals surface area contributed by atoms with Crippen LogP contribution < -0.4 is 70.1 Å². The second kappa shape index (κ2) is 14.3. The Labute approximate surface area is 249 Å². The maximum absolute atomic E-state index is 12.3. The van der Waals surface area contributed by atoms with Crippen molar-refractivity contribution in [1.82, 2.24) is 0 Å². The molecule has 0 spiro atoms. The van der Waals surface area contributed by atoms with Gasteiger partial charge in [0.05, 0.1) is 33.5 Å². The second-order valence-electron chi connectivity index (χ2n) is 6.37. The fourth-order valence-electron chi connectivity index (χ4n) is 2.74. The van der Waals surface area contributed by atoms with Gasteiger partial charge in [-0.05, 0) is 48.5 Å². The van der Waals surface area contributed by atoms with Crippen LogP contribution in [0.4, 0.5) is 17.1 Å². The average molecular weight is 560 g/mol. The molecule has 3 aromatic carbocycles. The summed E-state index contributed by atoms with van der Waals surface area (Å²) in [4.78, 5) is -0.416. The van der Waals surface area contributed by atoms with Crippen LogP contribution in [0, 0.1) is 0 Å². The number of hydrogen-bond acceptors (Lipinski definition) is 13. The van der Waals surface area contributed by atoms with Crippen LogP contribution in [0.25, 0.3) is 10.8 Å². The summed E-state index contributed by atoms with van der Waals surface area (Å²) in [6.07, 6.45) is 0. The number of hydrogen-bond donors (Lipinski definition) is 1. The van der Waals surface area contributed by atoms with Gasteiger partial charge in [0.15, 0.2) is 22.2 Å². The summed E-state index contributed by atoms with van der Waals surface area (Å²) in [5.41, 5.74) is 6.86. The Morgan fingerprint density at radius 2 is 1.54 bits per heavy atom. The third-order valence-electron chi connectivity index (χ3n) is 4.30. The van der Waals surface area contributed by atoms with Crippen LogP contribution in [-0.4, -0.2) is 33.7 Å². The minimum atomic E-state index is -4.68. The molecule has 0 heterocycles. The first-order chi connectivity index (χ1) is 15.6. The number of azo groups is 1. The fraction of sp³-hybridized carbons (Fsp3) is 0.111. The maximum Gasteiger partial charge on any atom is 1.00 e. The van der Waals surface area contributed by atoms with Gasteiger partial charge in [0.25, 0.3) is 0 Å². The van der Waals surface area contributed by atoms with Crippen molar-refractivity contribution in [3.05, 3.63) is 54.6 Å². The quantitative estimate of drug-likeness (QED) is 0.0376. The van der Waals surface area contributed by atoms with Gasteiger partial charge in [-0.15, -0.1) is 9.45 Å². The van der Waals surface area contributed by atoms with Crippen molar-refractivity contribution in [3.8, 4) is 0 Å². The summed E-state index contributed by atoms with van der Waals surface area (Å²) < 4.78 is 67.2. The average Bonchev–Trinajstić information content (AvgIpc) is 2.78. The SMILES string of the molecule is Nc1ccc(N=Nc2ccc(S(=O)(=O)CCOSOO[O-])cc2)c2cc(S(=O)(=O)[O-])ccc12.[Na+].[Na+]. The van der Waals surface area contributed by atoms with Crippen molar-refractivity contribution >= 4 is 60.1 Å². The van der Waals surface area contributed by atoms with Crippen LogP contribution in [0.5, 0.6) is 0 Å². The number of anilines is 1.